The molecule has 96 valence electrons. The molecule has 0 radical (unpaired) electrons. The SMILES string of the molecule is CCNC(CO)CN(C)c1ccc(C)cc1C. The normalized spacial score (nSPS) is 12.5. The van der Waals surface area contributed by atoms with Gasteiger partial charge in [-0.05, 0) is 32.0 Å². The van der Waals surface area contributed by atoms with Crippen molar-refractivity contribution in [2.24, 2.45) is 0 Å². The molecular formula is C14H24N2O. The average molecular weight is 236 g/mol. The van der Waals surface area contributed by atoms with Gasteiger partial charge in [-0.3, -0.25) is 0 Å². The Morgan fingerprint density at radius 2 is 2.06 bits per heavy atom. The summed E-state index contributed by atoms with van der Waals surface area (Å²) in [6, 6.07) is 6.59. The zero-order chi connectivity index (χ0) is 12.8. The van der Waals surface area contributed by atoms with Crippen LogP contribution < -0.4 is 10.2 Å². The van der Waals surface area contributed by atoms with Crippen molar-refractivity contribution < 1.29 is 5.11 Å². The fourth-order valence-corrected chi connectivity index (χ4v) is 2.14. The molecule has 0 spiro atoms. The van der Waals surface area contributed by atoms with Gasteiger partial charge in [-0.2, -0.15) is 0 Å². The van der Waals surface area contributed by atoms with Crippen LogP contribution in [0.5, 0.6) is 0 Å². The Labute approximate surface area is 104 Å². The highest BCUT2D eigenvalue weighted by atomic mass is 16.3. The maximum atomic E-state index is 9.28. The van der Waals surface area contributed by atoms with E-state index < -0.39 is 0 Å². The number of anilines is 1. The highest BCUT2D eigenvalue weighted by Gasteiger charge is 2.11. The maximum absolute atomic E-state index is 9.28. The minimum absolute atomic E-state index is 0.130. The zero-order valence-corrected chi connectivity index (χ0v) is 11.3. The van der Waals surface area contributed by atoms with Crippen LogP contribution >= 0.6 is 0 Å². The molecule has 1 unspecified atom stereocenters. The van der Waals surface area contributed by atoms with E-state index in [4.69, 9.17) is 0 Å². The van der Waals surface area contributed by atoms with Crippen molar-refractivity contribution in [1.82, 2.24) is 5.32 Å². The molecule has 0 fully saturated rings. The smallest absolute Gasteiger partial charge is 0.0601 e. The molecule has 3 heteroatoms. The topological polar surface area (TPSA) is 35.5 Å². The van der Waals surface area contributed by atoms with Gasteiger partial charge in [0.15, 0.2) is 0 Å². The minimum Gasteiger partial charge on any atom is -0.395 e. The lowest BCUT2D eigenvalue weighted by Gasteiger charge is -2.26. The van der Waals surface area contributed by atoms with Crippen LogP contribution in [0.4, 0.5) is 5.69 Å². The number of nitrogens with zero attached hydrogens (tertiary/aromatic N) is 1. The van der Waals surface area contributed by atoms with Gasteiger partial charge in [-0.15, -0.1) is 0 Å². The van der Waals surface area contributed by atoms with Crippen molar-refractivity contribution in [3.63, 3.8) is 0 Å². The molecule has 0 aromatic heterocycles. The first kappa shape index (κ1) is 14.0. The minimum atomic E-state index is 0.130. The maximum Gasteiger partial charge on any atom is 0.0601 e. The van der Waals surface area contributed by atoms with Crippen molar-refractivity contribution >= 4 is 5.69 Å². The summed E-state index contributed by atoms with van der Waals surface area (Å²) in [5, 5.41) is 12.5. The van der Waals surface area contributed by atoms with E-state index >= 15 is 0 Å². The number of benzene rings is 1. The van der Waals surface area contributed by atoms with Crippen molar-refractivity contribution in [1.29, 1.82) is 0 Å². The van der Waals surface area contributed by atoms with Crippen molar-refractivity contribution in [2.45, 2.75) is 26.8 Å². The first-order chi connectivity index (χ1) is 8.08. The standard InChI is InChI=1S/C14H24N2O/c1-5-15-13(10-17)9-16(4)14-7-6-11(2)8-12(14)3/h6-8,13,15,17H,5,9-10H2,1-4H3. The van der Waals surface area contributed by atoms with E-state index in [0.717, 1.165) is 13.1 Å². The summed E-state index contributed by atoms with van der Waals surface area (Å²) in [5.74, 6) is 0. The highest BCUT2D eigenvalue weighted by molar-refractivity contribution is 5.53. The zero-order valence-electron chi connectivity index (χ0n) is 11.3. The molecule has 1 atom stereocenters. The Balaban J connectivity index is 2.71. The summed E-state index contributed by atoms with van der Waals surface area (Å²) in [7, 11) is 2.07. The lowest BCUT2D eigenvalue weighted by Crippen LogP contribution is -2.42. The Kier molecular flexibility index (Phi) is 5.45. The molecule has 2 N–H and O–H groups in total. The Bertz CT molecular complexity index is 352. The number of hydrogen-bond donors (Lipinski definition) is 2. The third-order valence-electron chi connectivity index (χ3n) is 2.97. The van der Waals surface area contributed by atoms with E-state index in [-0.39, 0.29) is 12.6 Å². The molecule has 1 rings (SSSR count). The molecule has 0 bridgehead atoms. The van der Waals surface area contributed by atoms with Gasteiger partial charge in [0.1, 0.15) is 0 Å². The summed E-state index contributed by atoms with van der Waals surface area (Å²) in [6.45, 7) is 8.15. The van der Waals surface area contributed by atoms with Gasteiger partial charge in [-0.1, -0.05) is 24.6 Å². The van der Waals surface area contributed by atoms with Crippen molar-refractivity contribution in [2.75, 3.05) is 31.6 Å². The highest BCUT2D eigenvalue weighted by Crippen LogP contribution is 2.19. The second kappa shape index (κ2) is 6.62. The number of likely N-dealkylation sites (N-methyl/N-ethyl adjacent to an activating group) is 2. The van der Waals surface area contributed by atoms with Crippen LogP contribution in [-0.2, 0) is 0 Å². The molecule has 0 aliphatic heterocycles. The number of nitrogens with one attached hydrogen (secondary N) is 1. The average Bonchev–Trinajstić information content (AvgIpc) is 2.28. The second-order valence-corrected chi connectivity index (χ2v) is 4.61. The van der Waals surface area contributed by atoms with Crippen LogP contribution in [0.3, 0.4) is 0 Å². The second-order valence-electron chi connectivity index (χ2n) is 4.61. The summed E-state index contributed by atoms with van der Waals surface area (Å²) < 4.78 is 0. The Hall–Kier alpha value is -1.06. The van der Waals surface area contributed by atoms with E-state index in [1.54, 1.807) is 0 Å². The van der Waals surface area contributed by atoms with Gasteiger partial charge in [0.05, 0.1) is 6.61 Å². The van der Waals surface area contributed by atoms with Gasteiger partial charge >= 0.3 is 0 Å². The predicted octanol–water partition coefficient (Wildman–Crippen LogP) is 1.71. The van der Waals surface area contributed by atoms with Crippen LogP contribution in [0.25, 0.3) is 0 Å². The molecule has 0 aliphatic rings. The third kappa shape index (κ3) is 4.02. The van der Waals surface area contributed by atoms with Gasteiger partial charge in [0.2, 0.25) is 0 Å². The largest absolute Gasteiger partial charge is 0.395 e. The number of aliphatic hydroxyl groups is 1. The Morgan fingerprint density at radius 1 is 1.35 bits per heavy atom. The molecule has 0 amide bonds. The quantitative estimate of drug-likeness (QED) is 0.789. The van der Waals surface area contributed by atoms with Gasteiger partial charge < -0.3 is 15.3 Å². The number of aryl methyl sites for hydroxylation is 2. The molecule has 0 saturated carbocycles. The Morgan fingerprint density at radius 3 is 2.59 bits per heavy atom. The summed E-state index contributed by atoms with van der Waals surface area (Å²) in [6.07, 6.45) is 0. The van der Waals surface area contributed by atoms with E-state index in [0.29, 0.717) is 0 Å². The number of hydrogen-bond acceptors (Lipinski definition) is 3. The van der Waals surface area contributed by atoms with E-state index in [2.05, 4.69) is 56.2 Å². The lowest BCUT2D eigenvalue weighted by molar-refractivity contribution is 0.246. The van der Waals surface area contributed by atoms with Crippen LogP contribution in [0.1, 0.15) is 18.1 Å². The van der Waals surface area contributed by atoms with Gasteiger partial charge in [0.25, 0.3) is 0 Å². The fraction of sp³-hybridized carbons (Fsp3) is 0.571. The molecular weight excluding hydrogens is 212 g/mol. The molecule has 3 nitrogen and oxygen atoms in total. The fourth-order valence-electron chi connectivity index (χ4n) is 2.14. The van der Waals surface area contributed by atoms with Crippen molar-refractivity contribution in [3.8, 4) is 0 Å². The van der Waals surface area contributed by atoms with Crippen LogP contribution in [0.2, 0.25) is 0 Å². The molecule has 0 heterocycles. The van der Waals surface area contributed by atoms with Crippen LogP contribution in [-0.4, -0.2) is 37.9 Å². The van der Waals surface area contributed by atoms with E-state index in [1.807, 2.05) is 0 Å². The number of aliphatic hydroxyl groups excluding tert-OH is 1. The molecule has 0 saturated heterocycles. The van der Waals surface area contributed by atoms with E-state index in [9.17, 15) is 5.11 Å². The third-order valence-corrected chi connectivity index (χ3v) is 2.97. The number of rotatable bonds is 6. The monoisotopic (exact) mass is 236 g/mol. The van der Waals surface area contributed by atoms with Crippen molar-refractivity contribution in [3.05, 3.63) is 29.3 Å². The predicted molar refractivity (Wildman–Crippen MR) is 73.7 cm³/mol. The molecule has 0 aliphatic carbocycles. The lowest BCUT2D eigenvalue weighted by atomic mass is 10.1. The van der Waals surface area contributed by atoms with Gasteiger partial charge in [0, 0.05) is 25.3 Å². The summed E-state index contributed by atoms with van der Waals surface area (Å²) in [4.78, 5) is 2.19. The van der Waals surface area contributed by atoms with E-state index in [1.165, 1.54) is 16.8 Å². The van der Waals surface area contributed by atoms with Crippen LogP contribution in [0, 0.1) is 13.8 Å². The first-order valence-corrected chi connectivity index (χ1v) is 6.21. The molecule has 1 aromatic rings. The molecule has 17 heavy (non-hydrogen) atoms. The molecule has 1 aromatic carbocycles. The summed E-state index contributed by atoms with van der Waals surface area (Å²) >= 11 is 0. The summed E-state index contributed by atoms with van der Waals surface area (Å²) in [5.41, 5.74) is 3.79. The van der Waals surface area contributed by atoms with Gasteiger partial charge in [-0.25, -0.2) is 0 Å². The van der Waals surface area contributed by atoms with Crippen LogP contribution in [0.15, 0.2) is 18.2 Å². The first-order valence-electron chi connectivity index (χ1n) is 6.21.